The van der Waals surface area contributed by atoms with Crippen LogP contribution in [0.25, 0.3) is 0 Å². The number of hydrogen-bond donors (Lipinski definition) is 0. The van der Waals surface area contributed by atoms with E-state index in [9.17, 15) is 110 Å². The Morgan fingerprint density at radius 3 is 0.544 bits per heavy atom. The molecule has 7 aliphatic rings. The molecule has 35 atom stereocenters. The first-order chi connectivity index (χ1) is 68.8. The van der Waals surface area contributed by atoms with Gasteiger partial charge in [-0.1, -0.05) is 0 Å². The lowest BCUT2D eigenvalue weighted by Gasteiger charge is -2.50. The Morgan fingerprint density at radius 2 is 0.313 bits per heavy atom. The lowest BCUT2D eigenvalue weighted by molar-refractivity contribution is -0.292. The van der Waals surface area contributed by atoms with Gasteiger partial charge in [0.2, 0.25) is 12.4 Å². The van der Waals surface area contributed by atoms with Gasteiger partial charge >= 0.3 is 137 Å². The Bertz CT molecular complexity index is 4750. The molecule has 824 valence electrons. The van der Waals surface area contributed by atoms with E-state index in [0.29, 0.717) is 70.6 Å². The van der Waals surface area contributed by atoms with Crippen LogP contribution in [0.3, 0.4) is 0 Å². The van der Waals surface area contributed by atoms with Crippen LogP contribution < -0.4 is 0 Å². The van der Waals surface area contributed by atoms with Crippen molar-refractivity contribution in [2.24, 2.45) is 0 Å². The van der Waals surface area contributed by atoms with Crippen LogP contribution in [0.15, 0.2) is 0 Å². The summed E-state index contributed by atoms with van der Waals surface area (Å²) in [5.41, 5.74) is -11.1. The fourth-order valence-electron chi connectivity index (χ4n) is 16.3. The van der Waals surface area contributed by atoms with Gasteiger partial charge in [0.25, 0.3) is 0 Å². The SMILES string of the molecule is CC(=O)OC[C@H]1O[C@@H](SC[C@H]2O[C@@H](SC[C@H]3O[C@@H](SC[C@H]4O[C@@H](SC[C@H]5O[C@@H](OC(C)=O)[C@H](OC(C)=O)[C@@H](OC(C)=O)[C@@H]5OC(C)=O)[C@H](OC(C)=O)[C@@H](OC(C)=O)[C@@H]4OC(C)=O)[C@H](OC(C)=O)[C@@H](S[C@@H]4O[C@H](COC(C)=O)[C@@H](OC(C)=O)[C@H](OC(C)=O)[C@H]4OC(C)=O)[C@@H]3OC(C)=O)[C@H](OC(C)=O)[C@@H](S[C@@H]3O[C@H](COC(C)=O)[C@@H](OC(C)=O)[C@H](OC(C)=O)[C@H]3OC(C)=O)[C@@H]2OC(C)=O)[C@H](OC(C)=O)[C@@H](OC(C)=O)[C@@H]1OC(C)=O. The lowest BCUT2D eigenvalue weighted by atomic mass is 9.98. The summed E-state index contributed by atoms with van der Waals surface area (Å²) >= 11 is 3.41. The summed E-state index contributed by atoms with van der Waals surface area (Å²) in [6.45, 7) is 19.1. The van der Waals surface area contributed by atoms with Crippen LogP contribution in [0.2, 0.25) is 0 Å². The summed E-state index contributed by atoms with van der Waals surface area (Å²) in [5.74, 6) is -27.5. The van der Waals surface area contributed by atoms with Gasteiger partial charge in [-0.3, -0.25) is 110 Å². The Labute approximate surface area is 865 Å². The molecule has 7 saturated heterocycles. The smallest absolute Gasteiger partial charge is 0.305 e. The third-order valence-corrected chi connectivity index (χ3v) is 28.7. The average Bonchev–Trinajstić information content (AvgIpc) is 0.759. The number of rotatable bonds is 42. The largest absolute Gasteiger partial charge is 0.463 e. The predicted molar refractivity (Wildman–Crippen MR) is 490 cm³/mol. The normalized spacial score (nSPS) is 32.8. The Morgan fingerprint density at radius 1 is 0.156 bits per heavy atom. The van der Waals surface area contributed by atoms with Crippen molar-refractivity contribution >= 4 is 208 Å². The standard InChI is InChI=1S/C88H118O53S6/c1-31(89)112-24-54-61(115-34(4)92)69(123-42(12)100)74(128-47(17)105)83(136-54)143-29-59-66(120-39(9)97)80(146-87-76(130-49(19)107)70(124-43(13)101)62(116-35(5)93)55(137-87)25-113-32(2)90)79(133-52(22)110)86(140-59)145-30-60-67(121-40(10)98)81(147-88-77(131-50(20)108)71(125-44(14)102)63(117-36(6)94)56(138-88)26-114-33(3)91)78(132-51(21)109)85(141-60)144-28-58-65(119-38(8)96)72(126-45(15)103)75(129-48(18)106)84(139-58)142-27-57-64(118-37(7)95)68(122-41(11)99)73(127-46(16)104)82(135-57)134-53(23)111/h54-88H,24-30H2,1-23H3/t54-,55-,56-,57-,58-,59-,60-,61-,62-,63-,64-,65-,66-,67-,68+,69+,70+,71+,72+,73-,74-,75-,76-,77-,78-,79-,80+,81+,82-,83+,84+,85+,86+,87+,88+/m1/s1. The molecule has 0 aromatic rings. The first kappa shape index (κ1) is 124. The van der Waals surface area contributed by atoms with Crippen molar-refractivity contribution in [1.82, 2.24) is 0 Å². The van der Waals surface area contributed by atoms with E-state index < -0.39 is 388 Å². The molecule has 0 bridgehead atoms. The Kier molecular flexibility index (Phi) is 48.4. The number of ether oxygens (including phenoxy) is 30. The van der Waals surface area contributed by atoms with Crippen LogP contribution in [0.4, 0.5) is 0 Å². The Hall–Kier alpha value is -10.4. The molecule has 7 aliphatic heterocycles. The molecule has 59 heteroatoms. The summed E-state index contributed by atoms with van der Waals surface area (Å²) in [6.07, 6.45) is -50.2. The molecule has 0 aliphatic carbocycles. The number of esters is 23. The summed E-state index contributed by atoms with van der Waals surface area (Å²) < 4.78 is 180. The molecule has 53 nitrogen and oxygen atoms in total. The molecule has 0 radical (unpaired) electrons. The average molecular weight is 2220 g/mol. The quantitative estimate of drug-likeness (QED) is 0.0611. The van der Waals surface area contributed by atoms with Crippen LogP contribution in [-0.4, -0.2) is 388 Å². The summed E-state index contributed by atoms with van der Waals surface area (Å²) in [4.78, 5) is 308. The second-order valence-electron chi connectivity index (χ2n) is 33.3. The third kappa shape index (κ3) is 37.9. The maximum absolute atomic E-state index is 14.4. The van der Waals surface area contributed by atoms with Gasteiger partial charge in [-0.15, -0.1) is 70.6 Å². The van der Waals surface area contributed by atoms with Gasteiger partial charge in [0.15, 0.2) is 97.7 Å². The van der Waals surface area contributed by atoms with Crippen LogP contribution in [0.5, 0.6) is 0 Å². The van der Waals surface area contributed by atoms with E-state index in [4.69, 9.17) is 142 Å². The maximum atomic E-state index is 14.4. The fourth-order valence-corrected chi connectivity index (χ4v) is 24.8. The summed E-state index contributed by atoms with van der Waals surface area (Å²) in [6, 6.07) is 0. The van der Waals surface area contributed by atoms with Crippen LogP contribution in [0.1, 0.15) is 159 Å². The molecule has 0 amide bonds. The molecule has 0 spiro atoms. The molecule has 0 N–H and O–H groups in total. The zero-order valence-electron chi connectivity index (χ0n) is 83.7. The first-order valence-electron chi connectivity index (χ1n) is 45.0. The van der Waals surface area contributed by atoms with Crippen molar-refractivity contribution in [2.75, 3.05) is 42.8 Å². The molecule has 7 heterocycles. The number of thioether (sulfide) groups is 6. The second kappa shape index (κ2) is 57.6. The minimum Gasteiger partial charge on any atom is -0.463 e. The highest BCUT2D eigenvalue weighted by Crippen LogP contribution is 2.51. The highest BCUT2D eigenvalue weighted by atomic mass is 32.2. The van der Waals surface area contributed by atoms with Gasteiger partial charge in [-0.2, -0.15) is 0 Å². The maximum Gasteiger partial charge on any atom is 0.305 e. The van der Waals surface area contributed by atoms with Gasteiger partial charge in [-0.25, -0.2) is 0 Å². The van der Waals surface area contributed by atoms with Gasteiger partial charge in [0, 0.05) is 182 Å². The zero-order valence-corrected chi connectivity index (χ0v) is 88.6. The van der Waals surface area contributed by atoms with Gasteiger partial charge in [0.1, 0.15) is 107 Å². The monoisotopic (exact) mass is 2210 g/mol. The van der Waals surface area contributed by atoms with E-state index in [1.54, 1.807) is 0 Å². The van der Waals surface area contributed by atoms with Crippen molar-refractivity contribution in [3.63, 3.8) is 0 Å². The molecule has 147 heavy (non-hydrogen) atoms. The summed E-state index contributed by atoms with van der Waals surface area (Å²) in [7, 11) is 0. The molecule has 0 aromatic carbocycles. The third-order valence-electron chi connectivity index (χ3n) is 20.8. The highest BCUT2D eigenvalue weighted by molar-refractivity contribution is 8.02. The molecule has 0 unspecified atom stereocenters. The van der Waals surface area contributed by atoms with Crippen molar-refractivity contribution in [2.45, 2.75) is 367 Å². The van der Waals surface area contributed by atoms with E-state index in [1.165, 1.54) is 0 Å². The van der Waals surface area contributed by atoms with E-state index in [2.05, 4.69) is 0 Å². The van der Waals surface area contributed by atoms with E-state index in [1.807, 2.05) is 0 Å². The molecule has 0 saturated carbocycles. The van der Waals surface area contributed by atoms with Crippen LogP contribution >= 0.6 is 70.6 Å². The first-order valence-corrected chi connectivity index (χ1v) is 51.1. The molecule has 7 rings (SSSR count). The van der Waals surface area contributed by atoms with Crippen LogP contribution in [0, 0.1) is 0 Å². The number of carbonyl (C=O) groups is 23. The van der Waals surface area contributed by atoms with E-state index in [0.717, 1.165) is 159 Å². The fraction of sp³-hybridized carbons (Fsp3) is 0.739. The Balaban J connectivity index is 1.55. The second-order valence-corrected chi connectivity index (χ2v) is 40.3. The van der Waals surface area contributed by atoms with Gasteiger partial charge in [0.05, 0.1) is 10.5 Å². The van der Waals surface area contributed by atoms with Crippen molar-refractivity contribution in [3.8, 4) is 0 Å². The summed E-state index contributed by atoms with van der Waals surface area (Å²) in [5, 5.41) is -3.67. The van der Waals surface area contributed by atoms with Crippen LogP contribution in [-0.2, 0) is 252 Å². The van der Waals surface area contributed by atoms with Crippen molar-refractivity contribution in [3.05, 3.63) is 0 Å². The van der Waals surface area contributed by atoms with Gasteiger partial charge < -0.3 is 142 Å². The van der Waals surface area contributed by atoms with E-state index in [-0.39, 0.29) is 0 Å². The lowest BCUT2D eigenvalue weighted by Crippen LogP contribution is -2.64. The molecule has 0 aromatic heterocycles. The number of hydrogen-bond acceptors (Lipinski definition) is 59. The minimum absolute atomic E-state index is 0.481. The zero-order chi connectivity index (χ0) is 110. The molecular formula is C88H118O53S6. The topological polar surface area (TPSA) is 670 Å². The van der Waals surface area contributed by atoms with Crippen molar-refractivity contribution < 1.29 is 252 Å². The van der Waals surface area contributed by atoms with Crippen molar-refractivity contribution in [1.29, 1.82) is 0 Å². The van der Waals surface area contributed by atoms with E-state index >= 15 is 0 Å². The molecular weight excluding hydrogens is 2100 g/mol. The minimum atomic E-state index is -2.01. The predicted octanol–water partition coefficient (Wildman–Crippen LogP) is 1.15. The highest BCUT2D eigenvalue weighted by Gasteiger charge is 2.64. The molecule has 7 fully saturated rings. The number of carbonyl (C=O) groups excluding carboxylic acids is 23. The van der Waals surface area contributed by atoms with Gasteiger partial charge in [-0.05, 0) is 0 Å².